The lowest BCUT2D eigenvalue weighted by Crippen LogP contribution is -2.34. The van der Waals surface area contributed by atoms with E-state index in [0.717, 1.165) is 11.5 Å². The van der Waals surface area contributed by atoms with Gasteiger partial charge in [0.1, 0.15) is 0 Å². The number of thiocarbonyl (C=S) groups is 1. The largest absolute Gasteiger partial charge is 0.369 e. The Hall–Kier alpha value is -0.110. The molecule has 0 heterocycles. The second-order valence-electron chi connectivity index (χ2n) is 3.57. The Bertz CT molecular complexity index is 124. The summed E-state index contributed by atoms with van der Waals surface area (Å²) < 4.78 is 0. The minimum Gasteiger partial charge on any atom is -0.369 e. The Morgan fingerprint density at radius 2 is 1.80 bits per heavy atom. The van der Waals surface area contributed by atoms with E-state index in [4.69, 9.17) is 12.2 Å². The molecule has 0 radical (unpaired) electrons. The molecule has 0 atom stereocenters. The van der Waals surface area contributed by atoms with Crippen LogP contribution in [0.25, 0.3) is 0 Å². The van der Waals surface area contributed by atoms with Crippen molar-refractivity contribution in [3.63, 3.8) is 0 Å². The molecule has 0 fully saturated rings. The lowest BCUT2D eigenvalue weighted by molar-refractivity contribution is 0.457. The highest BCUT2D eigenvalue weighted by Gasteiger charge is 2.19. The van der Waals surface area contributed by atoms with Crippen LogP contribution in [0.4, 0.5) is 0 Å². The minimum atomic E-state index is 0.139. The molecule has 0 N–H and O–H groups in total. The molecule has 2 heteroatoms. The zero-order chi connectivity index (χ0) is 8.36. The molecule has 0 aromatic carbocycles. The summed E-state index contributed by atoms with van der Waals surface area (Å²) in [6.45, 7) is 9.53. The van der Waals surface area contributed by atoms with E-state index >= 15 is 0 Å². The van der Waals surface area contributed by atoms with Gasteiger partial charge >= 0.3 is 0 Å². The Balaban J connectivity index is 4.09. The second kappa shape index (κ2) is 3.33. The molecule has 0 rings (SSSR count). The topological polar surface area (TPSA) is 3.24 Å². The number of nitrogens with zero attached hydrogens (tertiary/aromatic N) is 1. The van der Waals surface area contributed by atoms with Crippen LogP contribution >= 0.6 is 12.2 Å². The van der Waals surface area contributed by atoms with E-state index in [1.54, 1.807) is 0 Å². The van der Waals surface area contributed by atoms with E-state index in [1.165, 1.54) is 0 Å². The van der Waals surface area contributed by atoms with Crippen LogP contribution in [0.15, 0.2) is 0 Å². The summed E-state index contributed by atoms with van der Waals surface area (Å²) >= 11 is 5.24. The lowest BCUT2D eigenvalue weighted by Gasteiger charge is -2.28. The van der Waals surface area contributed by atoms with Gasteiger partial charge in [-0.3, -0.25) is 0 Å². The molecule has 0 bridgehead atoms. The highest BCUT2D eigenvalue weighted by atomic mass is 32.1. The molecule has 60 valence electrons. The predicted molar refractivity (Wildman–Crippen MR) is 50.4 cm³/mol. The average Bonchev–Trinajstić information content (AvgIpc) is 1.83. The van der Waals surface area contributed by atoms with Crippen LogP contribution in [0, 0.1) is 5.41 Å². The SMILES string of the molecule is CCN(C)C(=S)C(C)(C)C. The molecule has 0 aromatic heterocycles. The summed E-state index contributed by atoms with van der Waals surface area (Å²) in [5.74, 6) is 0. The van der Waals surface area contributed by atoms with Gasteiger partial charge in [-0.2, -0.15) is 0 Å². The molecule has 10 heavy (non-hydrogen) atoms. The standard InChI is InChI=1S/C8H17NS/c1-6-9(5)7(10)8(2,3)4/h6H2,1-5H3. The van der Waals surface area contributed by atoms with Crippen molar-refractivity contribution in [2.24, 2.45) is 5.41 Å². The summed E-state index contributed by atoms with van der Waals surface area (Å²) in [4.78, 5) is 3.14. The number of rotatable bonds is 1. The third-order valence-corrected chi connectivity index (χ3v) is 2.39. The van der Waals surface area contributed by atoms with E-state index < -0.39 is 0 Å². The van der Waals surface area contributed by atoms with Gasteiger partial charge < -0.3 is 4.90 Å². The second-order valence-corrected chi connectivity index (χ2v) is 3.96. The average molecular weight is 159 g/mol. The molecule has 0 spiro atoms. The third-order valence-electron chi connectivity index (χ3n) is 1.46. The highest BCUT2D eigenvalue weighted by Crippen LogP contribution is 2.17. The fourth-order valence-electron chi connectivity index (χ4n) is 0.716. The van der Waals surface area contributed by atoms with Crippen molar-refractivity contribution in [3.8, 4) is 0 Å². The van der Waals surface area contributed by atoms with Crippen molar-refractivity contribution in [2.45, 2.75) is 27.7 Å². The maximum absolute atomic E-state index is 5.24. The van der Waals surface area contributed by atoms with Crippen LogP contribution in [-0.2, 0) is 0 Å². The zero-order valence-corrected chi connectivity index (χ0v) is 8.38. The Morgan fingerprint density at radius 1 is 1.40 bits per heavy atom. The molecular weight excluding hydrogens is 142 g/mol. The molecule has 0 unspecified atom stereocenters. The van der Waals surface area contributed by atoms with E-state index in [2.05, 4.69) is 32.6 Å². The van der Waals surface area contributed by atoms with Gasteiger partial charge in [-0.15, -0.1) is 0 Å². The van der Waals surface area contributed by atoms with E-state index in [1.807, 2.05) is 7.05 Å². The van der Waals surface area contributed by atoms with Crippen molar-refractivity contribution in [2.75, 3.05) is 13.6 Å². The third kappa shape index (κ3) is 2.65. The summed E-state index contributed by atoms with van der Waals surface area (Å²) in [5.41, 5.74) is 0.139. The first-order chi connectivity index (χ1) is 4.39. The van der Waals surface area contributed by atoms with E-state index in [0.29, 0.717) is 0 Å². The molecule has 0 aliphatic heterocycles. The van der Waals surface area contributed by atoms with Crippen LogP contribution in [-0.4, -0.2) is 23.5 Å². The van der Waals surface area contributed by atoms with Crippen LogP contribution in [0.3, 0.4) is 0 Å². The van der Waals surface area contributed by atoms with Gasteiger partial charge in [-0.1, -0.05) is 33.0 Å². The maximum Gasteiger partial charge on any atom is 0.0830 e. The van der Waals surface area contributed by atoms with E-state index in [9.17, 15) is 0 Å². The van der Waals surface area contributed by atoms with Gasteiger partial charge in [0.2, 0.25) is 0 Å². The van der Waals surface area contributed by atoms with E-state index in [-0.39, 0.29) is 5.41 Å². The first-order valence-corrected chi connectivity index (χ1v) is 4.06. The fourth-order valence-corrected chi connectivity index (χ4v) is 0.845. The maximum atomic E-state index is 5.24. The van der Waals surface area contributed by atoms with Gasteiger partial charge in [-0.05, 0) is 6.92 Å². The Labute approximate surface area is 69.4 Å². The van der Waals surface area contributed by atoms with Crippen molar-refractivity contribution in [3.05, 3.63) is 0 Å². The first kappa shape index (κ1) is 9.89. The Kier molecular flexibility index (Phi) is 3.29. The van der Waals surface area contributed by atoms with Gasteiger partial charge in [0.05, 0.1) is 4.99 Å². The van der Waals surface area contributed by atoms with Gasteiger partial charge in [-0.25, -0.2) is 0 Å². The van der Waals surface area contributed by atoms with Crippen molar-refractivity contribution in [1.82, 2.24) is 4.90 Å². The fraction of sp³-hybridized carbons (Fsp3) is 0.875. The highest BCUT2D eigenvalue weighted by molar-refractivity contribution is 7.80. The number of hydrogen-bond acceptors (Lipinski definition) is 1. The van der Waals surface area contributed by atoms with Crippen LogP contribution in [0.2, 0.25) is 0 Å². The normalized spacial score (nSPS) is 11.3. The van der Waals surface area contributed by atoms with Gasteiger partial charge in [0.25, 0.3) is 0 Å². The van der Waals surface area contributed by atoms with Crippen LogP contribution in [0.1, 0.15) is 27.7 Å². The monoisotopic (exact) mass is 159 g/mol. The summed E-state index contributed by atoms with van der Waals surface area (Å²) in [6, 6.07) is 0. The minimum absolute atomic E-state index is 0.139. The van der Waals surface area contributed by atoms with Crippen molar-refractivity contribution in [1.29, 1.82) is 0 Å². The van der Waals surface area contributed by atoms with Gasteiger partial charge in [0.15, 0.2) is 0 Å². The molecule has 0 aliphatic carbocycles. The summed E-state index contributed by atoms with van der Waals surface area (Å²) in [7, 11) is 2.04. The molecule has 0 amide bonds. The first-order valence-electron chi connectivity index (χ1n) is 3.65. The van der Waals surface area contributed by atoms with Crippen LogP contribution in [0.5, 0.6) is 0 Å². The molecule has 0 saturated carbocycles. The van der Waals surface area contributed by atoms with Gasteiger partial charge in [0, 0.05) is 19.0 Å². The smallest absolute Gasteiger partial charge is 0.0830 e. The molecule has 0 saturated heterocycles. The molecule has 0 aromatic rings. The molecular formula is C8H17NS. The quantitative estimate of drug-likeness (QED) is 0.540. The van der Waals surface area contributed by atoms with Crippen molar-refractivity contribution >= 4 is 17.2 Å². The summed E-state index contributed by atoms with van der Waals surface area (Å²) in [5, 5.41) is 0. The number of hydrogen-bond donors (Lipinski definition) is 0. The predicted octanol–water partition coefficient (Wildman–Crippen LogP) is 2.31. The zero-order valence-electron chi connectivity index (χ0n) is 7.56. The molecule has 0 aliphatic rings. The summed E-state index contributed by atoms with van der Waals surface area (Å²) in [6.07, 6.45) is 0. The van der Waals surface area contributed by atoms with Crippen molar-refractivity contribution < 1.29 is 0 Å². The van der Waals surface area contributed by atoms with Crippen LogP contribution < -0.4 is 0 Å². The molecule has 1 nitrogen and oxygen atoms in total. The Morgan fingerprint density at radius 3 is 1.90 bits per heavy atom. The lowest BCUT2D eigenvalue weighted by atomic mass is 9.96.